The minimum Gasteiger partial charge on any atom is -0.370 e. The molecule has 1 heterocycles. The van der Waals surface area contributed by atoms with Gasteiger partial charge in [0.2, 0.25) is 5.89 Å². The van der Waals surface area contributed by atoms with Crippen LogP contribution in [0.25, 0.3) is 0 Å². The molecule has 0 radical (unpaired) electrons. The number of aryl methyl sites for hydroxylation is 1. The Balaban J connectivity index is 2.36. The quantitative estimate of drug-likeness (QED) is 0.557. The van der Waals surface area contributed by atoms with E-state index in [-0.39, 0.29) is 0 Å². The van der Waals surface area contributed by atoms with Crippen LogP contribution in [0.4, 0.5) is 0 Å². The number of guanidine groups is 1. The van der Waals surface area contributed by atoms with E-state index in [2.05, 4.69) is 34.3 Å². The van der Waals surface area contributed by atoms with Crippen molar-refractivity contribution in [2.45, 2.75) is 27.3 Å². The smallest absolute Gasteiger partial charge is 0.248 e. The highest BCUT2D eigenvalue weighted by Gasteiger charge is 2.01. The summed E-state index contributed by atoms with van der Waals surface area (Å²) < 4.78 is 4.89. The van der Waals surface area contributed by atoms with Crippen LogP contribution in [0.3, 0.4) is 0 Å². The van der Waals surface area contributed by atoms with E-state index in [1.54, 1.807) is 6.92 Å². The summed E-state index contributed by atoms with van der Waals surface area (Å²) >= 11 is 0. The van der Waals surface area contributed by atoms with Gasteiger partial charge in [-0.25, -0.2) is 4.99 Å². The zero-order valence-corrected chi connectivity index (χ0v) is 9.32. The maximum Gasteiger partial charge on any atom is 0.248 e. The van der Waals surface area contributed by atoms with E-state index < -0.39 is 0 Å². The van der Waals surface area contributed by atoms with Crippen LogP contribution in [0.5, 0.6) is 0 Å². The topological polar surface area (TPSA) is 89.3 Å². The lowest BCUT2D eigenvalue weighted by molar-refractivity contribution is 0.376. The number of hydrogen-bond donors (Lipinski definition) is 2. The lowest BCUT2D eigenvalue weighted by Gasteiger charge is -2.06. The Morgan fingerprint density at radius 2 is 2.33 bits per heavy atom. The van der Waals surface area contributed by atoms with E-state index in [1.165, 1.54) is 0 Å². The molecule has 0 fully saturated rings. The Bertz CT molecular complexity index is 331. The number of nitrogens with zero attached hydrogens (tertiary/aromatic N) is 3. The van der Waals surface area contributed by atoms with Crippen molar-refractivity contribution in [3.63, 3.8) is 0 Å². The van der Waals surface area contributed by atoms with Gasteiger partial charge in [0, 0.05) is 6.54 Å². The summed E-state index contributed by atoms with van der Waals surface area (Å²) in [4.78, 5) is 8.08. The standard InChI is InChI=1S/C9H17N5O/c1-6(2)4-11-9(10)12-5-8-13-7(3)14-15-8/h6H,4-5H2,1-3H3,(H3,10,11,12). The molecule has 0 aromatic carbocycles. The van der Waals surface area contributed by atoms with Crippen molar-refractivity contribution >= 4 is 5.96 Å². The monoisotopic (exact) mass is 211 g/mol. The molecule has 1 rings (SSSR count). The number of aromatic nitrogens is 2. The molecule has 0 aliphatic carbocycles. The second-order valence-corrected chi connectivity index (χ2v) is 3.71. The summed E-state index contributed by atoms with van der Waals surface area (Å²) in [6.07, 6.45) is 0. The average molecular weight is 211 g/mol. The minimum absolute atomic E-state index is 0.317. The number of nitrogens with two attached hydrogens (primary N) is 1. The van der Waals surface area contributed by atoms with Crippen LogP contribution in [0.2, 0.25) is 0 Å². The van der Waals surface area contributed by atoms with Crippen LogP contribution in [-0.2, 0) is 6.54 Å². The number of nitrogens with one attached hydrogen (secondary N) is 1. The van der Waals surface area contributed by atoms with E-state index >= 15 is 0 Å². The molecule has 0 aliphatic rings. The Labute approximate surface area is 89.0 Å². The van der Waals surface area contributed by atoms with E-state index in [0.717, 1.165) is 6.54 Å². The lowest BCUT2D eigenvalue weighted by atomic mass is 10.2. The first kappa shape index (κ1) is 11.5. The van der Waals surface area contributed by atoms with Crippen LogP contribution in [0.1, 0.15) is 25.6 Å². The molecule has 3 N–H and O–H groups in total. The molecule has 15 heavy (non-hydrogen) atoms. The van der Waals surface area contributed by atoms with Crippen LogP contribution in [0.15, 0.2) is 9.52 Å². The molecule has 0 bridgehead atoms. The molecular formula is C9H17N5O. The minimum atomic E-state index is 0.317. The van der Waals surface area contributed by atoms with Crippen molar-refractivity contribution < 1.29 is 4.52 Å². The Morgan fingerprint density at radius 1 is 1.60 bits per heavy atom. The van der Waals surface area contributed by atoms with Crippen LogP contribution < -0.4 is 11.1 Å². The van der Waals surface area contributed by atoms with Gasteiger partial charge < -0.3 is 15.6 Å². The number of aliphatic imine (C=N–C) groups is 1. The highest BCUT2D eigenvalue weighted by atomic mass is 16.5. The normalized spacial score (nSPS) is 12.1. The Morgan fingerprint density at radius 3 is 2.87 bits per heavy atom. The summed E-state index contributed by atoms with van der Waals surface area (Å²) in [5, 5.41) is 6.65. The molecule has 1 aromatic rings. The lowest BCUT2D eigenvalue weighted by Crippen LogP contribution is -2.34. The summed E-state index contributed by atoms with van der Waals surface area (Å²) in [6, 6.07) is 0. The molecule has 0 aliphatic heterocycles. The summed E-state index contributed by atoms with van der Waals surface area (Å²) in [5.74, 6) is 2.01. The third-order valence-electron chi connectivity index (χ3n) is 1.65. The van der Waals surface area contributed by atoms with E-state index in [4.69, 9.17) is 10.3 Å². The molecule has 0 unspecified atom stereocenters. The van der Waals surface area contributed by atoms with Crippen molar-refractivity contribution in [2.24, 2.45) is 16.6 Å². The van der Waals surface area contributed by atoms with Crippen molar-refractivity contribution in [2.75, 3.05) is 6.54 Å². The fourth-order valence-corrected chi connectivity index (χ4v) is 0.922. The molecule has 0 spiro atoms. The highest BCUT2D eigenvalue weighted by Crippen LogP contribution is 1.97. The second kappa shape index (κ2) is 5.33. The molecule has 0 saturated heterocycles. The van der Waals surface area contributed by atoms with Crippen molar-refractivity contribution in [3.05, 3.63) is 11.7 Å². The third kappa shape index (κ3) is 4.44. The predicted octanol–water partition coefficient (Wildman–Crippen LogP) is 0.438. The van der Waals surface area contributed by atoms with Crippen molar-refractivity contribution in [1.82, 2.24) is 15.5 Å². The molecule has 0 amide bonds. The predicted molar refractivity (Wildman–Crippen MR) is 57.2 cm³/mol. The fourth-order valence-electron chi connectivity index (χ4n) is 0.922. The van der Waals surface area contributed by atoms with Gasteiger partial charge in [-0.1, -0.05) is 19.0 Å². The van der Waals surface area contributed by atoms with Crippen LogP contribution in [0, 0.1) is 12.8 Å². The zero-order valence-electron chi connectivity index (χ0n) is 9.32. The second-order valence-electron chi connectivity index (χ2n) is 3.71. The van der Waals surface area contributed by atoms with Crippen LogP contribution >= 0.6 is 0 Å². The molecule has 6 heteroatoms. The van der Waals surface area contributed by atoms with Gasteiger partial charge in [-0.3, -0.25) is 0 Å². The number of rotatable bonds is 4. The molecule has 1 aromatic heterocycles. The first-order chi connectivity index (χ1) is 7.08. The SMILES string of the molecule is Cc1noc(CN=C(N)NCC(C)C)n1. The maximum absolute atomic E-state index is 5.63. The first-order valence-electron chi connectivity index (χ1n) is 4.91. The van der Waals surface area contributed by atoms with Gasteiger partial charge in [0.25, 0.3) is 0 Å². The van der Waals surface area contributed by atoms with E-state index in [1.807, 2.05) is 0 Å². The Kier molecular flexibility index (Phi) is 4.08. The summed E-state index contributed by atoms with van der Waals surface area (Å²) in [6.45, 7) is 7.08. The largest absolute Gasteiger partial charge is 0.370 e. The molecule has 0 saturated carbocycles. The van der Waals surface area contributed by atoms with Gasteiger partial charge in [0.15, 0.2) is 11.8 Å². The van der Waals surface area contributed by atoms with Gasteiger partial charge in [-0.15, -0.1) is 0 Å². The Hall–Kier alpha value is -1.59. The molecule has 6 nitrogen and oxygen atoms in total. The molecule has 84 valence electrons. The van der Waals surface area contributed by atoms with Crippen LogP contribution in [-0.4, -0.2) is 22.6 Å². The van der Waals surface area contributed by atoms with E-state index in [0.29, 0.717) is 30.1 Å². The van der Waals surface area contributed by atoms with Gasteiger partial charge in [-0.2, -0.15) is 4.98 Å². The first-order valence-corrected chi connectivity index (χ1v) is 4.91. The highest BCUT2D eigenvalue weighted by molar-refractivity contribution is 5.77. The van der Waals surface area contributed by atoms with Gasteiger partial charge in [-0.05, 0) is 12.8 Å². The van der Waals surface area contributed by atoms with E-state index in [9.17, 15) is 0 Å². The van der Waals surface area contributed by atoms with Gasteiger partial charge >= 0.3 is 0 Å². The average Bonchev–Trinajstić information content (AvgIpc) is 2.58. The molecular weight excluding hydrogens is 194 g/mol. The fraction of sp³-hybridized carbons (Fsp3) is 0.667. The molecule has 0 atom stereocenters. The third-order valence-corrected chi connectivity index (χ3v) is 1.65. The van der Waals surface area contributed by atoms with Gasteiger partial charge in [0.1, 0.15) is 6.54 Å². The number of hydrogen-bond acceptors (Lipinski definition) is 4. The zero-order chi connectivity index (χ0) is 11.3. The van der Waals surface area contributed by atoms with Crippen molar-refractivity contribution in [1.29, 1.82) is 0 Å². The van der Waals surface area contributed by atoms with Crippen molar-refractivity contribution in [3.8, 4) is 0 Å². The summed E-state index contributed by atoms with van der Waals surface area (Å²) in [5.41, 5.74) is 5.63. The van der Waals surface area contributed by atoms with Gasteiger partial charge in [0.05, 0.1) is 0 Å². The summed E-state index contributed by atoms with van der Waals surface area (Å²) in [7, 11) is 0. The maximum atomic E-state index is 5.63.